The zero-order chi connectivity index (χ0) is 18.1. The molecule has 0 saturated carbocycles. The molecule has 0 aromatic rings. The Balaban J connectivity index is 3.62. The lowest BCUT2D eigenvalue weighted by Gasteiger charge is -2.18. The van der Waals surface area contributed by atoms with Gasteiger partial charge >= 0.3 is 11.9 Å². The molecule has 0 amide bonds. The van der Waals surface area contributed by atoms with Crippen molar-refractivity contribution in [2.75, 3.05) is 20.5 Å². The van der Waals surface area contributed by atoms with Gasteiger partial charge in [0.15, 0.2) is 11.5 Å². The second kappa shape index (κ2) is 9.79. The van der Waals surface area contributed by atoms with Crippen molar-refractivity contribution < 1.29 is 19.1 Å². The van der Waals surface area contributed by atoms with Crippen LogP contribution in [0.5, 0.6) is 0 Å². The summed E-state index contributed by atoms with van der Waals surface area (Å²) in [5.74, 6) is -2.36. The predicted octanol–water partition coefficient (Wildman–Crippen LogP) is 2.87. The lowest BCUT2D eigenvalue weighted by molar-refractivity contribution is -0.142. The molecule has 24 heavy (non-hydrogen) atoms. The monoisotopic (exact) mass is 348 g/mol. The largest absolute Gasteiger partial charge is 0.468 e. The highest BCUT2D eigenvalue weighted by molar-refractivity contribution is 8.02. The summed E-state index contributed by atoms with van der Waals surface area (Å²) in [5, 5.41) is 18.8. The van der Waals surface area contributed by atoms with Crippen LogP contribution in [0.3, 0.4) is 0 Å². The van der Waals surface area contributed by atoms with Crippen molar-refractivity contribution in [3.05, 3.63) is 21.6 Å². The molecule has 0 aromatic heterocycles. The van der Waals surface area contributed by atoms with Gasteiger partial charge in [-0.15, -0.1) is 11.8 Å². The number of nitriles is 2. The van der Waals surface area contributed by atoms with Crippen LogP contribution in [0.1, 0.15) is 32.1 Å². The van der Waals surface area contributed by atoms with Crippen LogP contribution in [0.2, 0.25) is 0 Å². The van der Waals surface area contributed by atoms with Gasteiger partial charge in [-0.1, -0.05) is 6.42 Å². The van der Waals surface area contributed by atoms with E-state index in [2.05, 4.69) is 4.74 Å². The van der Waals surface area contributed by atoms with Gasteiger partial charge in [0, 0.05) is 4.91 Å². The maximum atomic E-state index is 12.0. The Labute approximate surface area is 146 Å². The van der Waals surface area contributed by atoms with Gasteiger partial charge in [-0.05, 0) is 43.1 Å². The fourth-order valence-corrected chi connectivity index (χ4v) is 3.55. The van der Waals surface area contributed by atoms with E-state index < -0.39 is 17.9 Å². The molecule has 0 heterocycles. The summed E-state index contributed by atoms with van der Waals surface area (Å²) in [4.78, 5) is 24.4. The van der Waals surface area contributed by atoms with E-state index in [0.717, 1.165) is 24.8 Å². The summed E-state index contributed by atoms with van der Waals surface area (Å²) >= 11 is 1.25. The van der Waals surface area contributed by atoms with Crippen molar-refractivity contribution in [2.24, 2.45) is 5.92 Å². The number of esters is 2. The molecule has 1 rings (SSSR count). The average Bonchev–Trinajstić information content (AvgIpc) is 2.85. The molecule has 0 bridgehead atoms. The van der Waals surface area contributed by atoms with Crippen molar-refractivity contribution in [1.29, 1.82) is 10.5 Å². The van der Waals surface area contributed by atoms with Crippen LogP contribution >= 0.6 is 11.8 Å². The predicted molar refractivity (Wildman–Crippen MR) is 89.4 cm³/mol. The van der Waals surface area contributed by atoms with Gasteiger partial charge in [-0.3, -0.25) is 4.79 Å². The highest BCUT2D eigenvalue weighted by atomic mass is 32.2. The first-order valence-electron chi connectivity index (χ1n) is 7.52. The SMILES string of the molecule is COC(=O)/C(C#N)=C(\SC)C1=C([C@H](C#N)C(=O)OC)CCCCC1. The van der Waals surface area contributed by atoms with E-state index in [1.165, 1.54) is 26.0 Å². The van der Waals surface area contributed by atoms with Gasteiger partial charge in [-0.25, -0.2) is 4.79 Å². The number of ether oxygens (including phenoxy) is 2. The second-order valence-electron chi connectivity index (χ2n) is 5.16. The minimum Gasteiger partial charge on any atom is -0.468 e. The van der Waals surface area contributed by atoms with Crippen LogP contribution in [0, 0.1) is 28.6 Å². The van der Waals surface area contributed by atoms with Gasteiger partial charge in [0.05, 0.1) is 20.3 Å². The highest BCUT2D eigenvalue weighted by Crippen LogP contribution is 2.38. The third kappa shape index (κ3) is 4.39. The fourth-order valence-electron chi connectivity index (χ4n) is 2.74. The summed E-state index contributed by atoms with van der Waals surface area (Å²) in [7, 11) is 2.45. The quantitative estimate of drug-likeness (QED) is 0.428. The molecular formula is C17H20N2O4S. The molecule has 1 aliphatic rings. The number of nitrogens with zero attached hydrogens (tertiary/aromatic N) is 2. The number of carbonyl (C=O) groups is 2. The third-order valence-electron chi connectivity index (χ3n) is 3.88. The number of carbonyl (C=O) groups excluding carboxylic acids is 2. The normalized spacial score (nSPS) is 16.9. The fraction of sp³-hybridized carbons (Fsp3) is 0.529. The Hall–Kier alpha value is -2.25. The first-order chi connectivity index (χ1) is 11.5. The van der Waals surface area contributed by atoms with Gasteiger partial charge in [-0.2, -0.15) is 10.5 Å². The van der Waals surface area contributed by atoms with E-state index in [-0.39, 0.29) is 5.57 Å². The Bertz CT molecular complexity index is 652. The number of rotatable bonds is 5. The number of hydrogen-bond acceptors (Lipinski definition) is 7. The van der Waals surface area contributed by atoms with Crippen LogP contribution in [0.4, 0.5) is 0 Å². The van der Waals surface area contributed by atoms with E-state index in [1.54, 1.807) is 6.26 Å². The van der Waals surface area contributed by atoms with E-state index in [4.69, 9.17) is 4.74 Å². The zero-order valence-electron chi connectivity index (χ0n) is 14.0. The smallest absolute Gasteiger partial charge is 0.349 e. The molecule has 128 valence electrons. The minimum absolute atomic E-state index is 0.0963. The minimum atomic E-state index is -1.03. The molecule has 0 fully saturated rings. The van der Waals surface area contributed by atoms with E-state index >= 15 is 0 Å². The molecule has 0 N–H and O–H groups in total. The Morgan fingerprint density at radius 1 is 1.12 bits per heavy atom. The molecule has 1 atom stereocenters. The third-order valence-corrected chi connectivity index (χ3v) is 4.74. The molecular weight excluding hydrogens is 328 g/mol. The van der Waals surface area contributed by atoms with Gasteiger partial charge in [0.1, 0.15) is 6.07 Å². The number of methoxy groups -OCH3 is 2. The van der Waals surface area contributed by atoms with E-state index in [9.17, 15) is 20.1 Å². The molecule has 0 saturated heterocycles. The standard InChI is InChI=1S/C17H20N2O4S/c1-22-16(20)13(9-18)11-7-5-4-6-8-12(11)15(24-3)14(10-19)17(21)23-2/h13H,4-8H2,1-3H3/b15-14-/t13-/m0/s1. The Kier molecular flexibility index (Phi) is 8.08. The van der Waals surface area contributed by atoms with Gasteiger partial charge < -0.3 is 9.47 Å². The molecule has 0 aromatic carbocycles. The zero-order valence-corrected chi connectivity index (χ0v) is 14.9. The molecule has 7 heteroatoms. The van der Waals surface area contributed by atoms with Crippen molar-refractivity contribution >= 4 is 23.7 Å². The van der Waals surface area contributed by atoms with Gasteiger partial charge in [0.25, 0.3) is 0 Å². The number of allylic oxidation sites excluding steroid dienone is 1. The van der Waals surface area contributed by atoms with Crippen molar-refractivity contribution in [1.82, 2.24) is 0 Å². The van der Waals surface area contributed by atoms with Crippen LogP contribution in [-0.4, -0.2) is 32.4 Å². The molecule has 0 spiro atoms. The number of thioether (sulfide) groups is 1. The lowest BCUT2D eigenvalue weighted by atomic mass is 9.90. The average molecular weight is 348 g/mol. The summed E-state index contributed by atoms with van der Waals surface area (Å²) in [6, 6.07) is 3.89. The lowest BCUT2D eigenvalue weighted by Crippen LogP contribution is -2.19. The molecule has 0 radical (unpaired) electrons. The summed E-state index contributed by atoms with van der Waals surface area (Å²) in [5.41, 5.74) is 1.27. The summed E-state index contributed by atoms with van der Waals surface area (Å²) < 4.78 is 9.43. The van der Waals surface area contributed by atoms with Gasteiger partial charge in [0.2, 0.25) is 0 Å². The van der Waals surface area contributed by atoms with Crippen LogP contribution in [0.25, 0.3) is 0 Å². The summed E-state index contributed by atoms with van der Waals surface area (Å²) in [6.07, 6.45) is 5.58. The first-order valence-corrected chi connectivity index (χ1v) is 8.74. The first kappa shape index (κ1) is 19.8. The maximum absolute atomic E-state index is 12.0. The van der Waals surface area contributed by atoms with Crippen molar-refractivity contribution in [2.45, 2.75) is 32.1 Å². The van der Waals surface area contributed by atoms with E-state index in [1.807, 2.05) is 12.1 Å². The highest BCUT2D eigenvalue weighted by Gasteiger charge is 2.30. The molecule has 6 nitrogen and oxygen atoms in total. The topological polar surface area (TPSA) is 100 Å². The van der Waals surface area contributed by atoms with Crippen LogP contribution in [-0.2, 0) is 19.1 Å². The summed E-state index contributed by atoms with van der Waals surface area (Å²) in [6.45, 7) is 0. The van der Waals surface area contributed by atoms with E-state index in [0.29, 0.717) is 23.3 Å². The molecule has 0 aliphatic heterocycles. The van der Waals surface area contributed by atoms with Crippen molar-refractivity contribution in [3.63, 3.8) is 0 Å². The molecule has 0 unspecified atom stereocenters. The van der Waals surface area contributed by atoms with Crippen LogP contribution in [0.15, 0.2) is 21.6 Å². The maximum Gasteiger partial charge on any atom is 0.349 e. The Morgan fingerprint density at radius 2 is 1.79 bits per heavy atom. The second-order valence-corrected chi connectivity index (χ2v) is 5.98. The Morgan fingerprint density at radius 3 is 2.29 bits per heavy atom. The molecule has 1 aliphatic carbocycles. The van der Waals surface area contributed by atoms with Crippen LogP contribution < -0.4 is 0 Å². The number of hydrogen-bond donors (Lipinski definition) is 0. The van der Waals surface area contributed by atoms with Crippen molar-refractivity contribution in [3.8, 4) is 12.1 Å².